The molecule has 1 aromatic carbocycles. The summed E-state index contributed by atoms with van der Waals surface area (Å²) >= 11 is 3.74. The zero-order valence-electron chi connectivity index (χ0n) is 26.9. The van der Waals surface area contributed by atoms with Crippen LogP contribution in [-0.2, 0) is 28.7 Å². The lowest BCUT2D eigenvalue weighted by atomic mass is 9.70. The molecule has 2 bridgehead atoms. The molecular formula is C35H48BrN3O7. The van der Waals surface area contributed by atoms with Crippen molar-refractivity contribution in [3.8, 4) is 0 Å². The van der Waals surface area contributed by atoms with Crippen molar-refractivity contribution in [2.75, 3.05) is 26.3 Å². The molecular weight excluding hydrogens is 654 g/mol. The summed E-state index contributed by atoms with van der Waals surface area (Å²) < 4.78 is 12.2. The van der Waals surface area contributed by atoms with Crippen molar-refractivity contribution < 1.29 is 33.8 Å². The average molecular weight is 703 g/mol. The van der Waals surface area contributed by atoms with Crippen molar-refractivity contribution in [3.63, 3.8) is 0 Å². The summed E-state index contributed by atoms with van der Waals surface area (Å²) in [6.45, 7) is 12.1. The number of amides is 3. The third-order valence-corrected chi connectivity index (χ3v) is 10.3. The van der Waals surface area contributed by atoms with Crippen LogP contribution in [0.25, 0.3) is 0 Å². The number of aliphatic hydroxyl groups excluding tert-OH is 1. The smallest absolute Gasteiger partial charge is 0.306 e. The van der Waals surface area contributed by atoms with E-state index in [1.165, 1.54) is 0 Å². The summed E-state index contributed by atoms with van der Waals surface area (Å²) in [6, 6.07) is 7.58. The van der Waals surface area contributed by atoms with Gasteiger partial charge in [-0.05, 0) is 44.6 Å². The minimum absolute atomic E-state index is 0.0303. The number of rotatable bonds is 18. The highest BCUT2D eigenvalue weighted by Gasteiger charge is 2.76. The topological polar surface area (TPSA) is 125 Å². The Morgan fingerprint density at radius 1 is 1.24 bits per heavy atom. The van der Waals surface area contributed by atoms with Crippen LogP contribution in [0.2, 0.25) is 0 Å². The molecule has 2 N–H and O–H groups in total. The number of benzene rings is 1. The van der Waals surface area contributed by atoms with Crippen molar-refractivity contribution >= 4 is 39.6 Å². The quantitative estimate of drug-likeness (QED) is 0.102. The standard InChI is InChI=1S/C35H48BrN3O7/c1-5-8-17-27(41)45-22-26(24-15-10-9-11-16-24)37-32(42)28-29-33(43)39(19-12-13-20-40)31(35(29)21-25(36)30(28)46-35)34(44)38(18-7-3)23(4)14-6-2/h5,7,9-11,15-16,23,25-26,28-31,40H,1,3,6,8,12-14,17-22H2,2,4H3,(H,37,42)/t23?,25?,26-,28+,29-,30+,31+,35-/m1/s1. The van der Waals surface area contributed by atoms with Crippen LogP contribution in [0.4, 0.5) is 0 Å². The van der Waals surface area contributed by atoms with Gasteiger partial charge in [0, 0.05) is 37.0 Å². The number of hydrogen-bond donors (Lipinski definition) is 2. The number of aliphatic hydroxyl groups is 1. The fourth-order valence-corrected chi connectivity index (χ4v) is 8.29. The van der Waals surface area contributed by atoms with Gasteiger partial charge in [0.25, 0.3) is 0 Å². The Hall–Kier alpha value is -3.02. The van der Waals surface area contributed by atoms with Gasteiger partial charge >= 0.3 is 5.97 Å². The van der Waals surface area contributed by atoms with E-state index in [1.54, 1.807) is 22.0 Å². The first-order valence-electron chi connectivity index (χ1n) is 16.4. The highest BCUT2D eigenvalue weighted by atomic mass is 79.9. The van der Waals surface area contributed by atoms with Crippen LogP contribution in [0, 0.1) is 11.8 Å². The largest absolute Gasteiger partial charge is 0.463 e. The first kappa shape index (κ1) is 35.8. The van der Waals surface area contributed by atoms with E-state index < -0.39 is 47.5 Å². The van der Waals surface area contributed by atoms with Gasteiger partial charge in [0.1, 0.15) is 18.2 Å². The molecule has 1 spiro atoms. The molecule has 252 valence electrons. The fraction of sp³-hybridized carbons (Fsp3) is 0.600. The highest BCUT2D eigenvalue weighted by Crippen LogP contribution is 2.60. The molecule has 3 fully saturated rings. The van der Waals surface area contributed by atoms with Crippen molar-refractivity contribution in [3.05, 3.63) is 61.2 Å². The van der Waals surface area contributed by atoms with Gasteiger partial charge in [-0.2, -0.15) is 0 Å². The number of fused-ring (bicyclic) bond motifs is 1. The van der Waals surface area contributed by atoms with Gasteiger partial charge in [-0.3, -0.25) is 19.2 Å². The zero-order chi connectivity index (χ0) is 33.4. The van der Waals surface area contributed by atoms with Gasteiger partial charge in [-0.25, -0.2) is 0 Å². The summed E-state index contributed by atoms with van der Waals surface area (Å²) in [4.78, 5) is 58.6. The molecule has 0 saturated carbocycles. The van der Waals surface area contributed by atoms with Gasteiger partial charge < -0.3 is 29.7 Å². The maximum absolute atomic E-state index is 14.5. The molecule has 0 aromatic heterocycles. The van der Waals surface area contributed by atoms with Crippen LogP contribution in [-0.4, -0.2) is 93.5 Å². The summed E-state index contributed by atoms with van der Waals surface area (Å²) in [5, 5.41) is 12.5. The third-order valence-electron chi connectivity index (χ3n) is 9.46. The number of esters is 1. The molecule has 0 radical (unpaired) electrons. The second kappa shape index (κ2) is 16.2. The number of hydrogen-bond acceptors (Lipinski definition) is 7. The van der Waals surface area contributed by atoms with Crippen LogP contribution in [0.3, 0.4) is 0 Å². The number of carbonyl (C=O) groups excluding carboxylic acids is 4. The lowest BCUT2D eigenvalue weighted by Gasteiger charge is -2.39. The number of allylic oxidation sites excluding steroid dienone is 1. The maximum Gasteiger partial charge on any atom is 0.306 e. The summed E-state index contributed by atoms with van der Waals surface area (Å²) in [6.07, 6.45) is 6.43. The molecule has 2 unspecified atom stereocenters. The van der Waals surface area contributed by atoms with Crippen molar-refractivity contribution in [2.24, 2.45) is 11.8 Å². The van der Waals surface area contributed by atoms with Gasteiger partial charge in [0.2, 0.25) is 17.7 Å². The average Bonchev–Trinajstić information content (AvgIpc) is 3.64. The molecule has 10 nitrogen and oxygen atoms in total. The molecule has 4 rings (SSSR count). The lowest BCUT2D eigenvalue weighted by Crippen LogP contribution is -2.58. The van der Waals surface area contributed by atoms with E-state index >= 15 is 0 Å². The molecule has 46 heavy (non-hydrogen) atoms. The number of ether oxygens (including phenoxy) is 2. The molecule has 3 heterocycles. The number of nitrogens with one attached hydrogen (secondary N) is 1. The molecule has 3 aliphatic rings. The van der Waals surface area contributed by atoms with Crippen LogP contribution in [0.15, 0.2) is 55.6 Å². The number of carbonyl (C=O) groups is 4. The Bertz CT molecular complexity index is 1260. The minimum atomic E-state index is -1.20. The normalized spacial score (nSPS) is 27.5. The second-order valence-corrected chi connectivity index (χ2v) is 13.7. The molecule has 11 heteroatoms. The maximum atomic E-state index is 14.5. The van der Waals surface area contributed by atoms with Gasteiger partial charge in [0.05, 0.1) is 24.0 Å². The first-order chi connectivity index (χ1) is 22.1. The number of nitrogens with zero attached hydrogens (tertiary/aromatic N) is 2. The molecule has 3 amide bonds. The molecule has 0 aliphatic carbocycles. The Morgan fingerprint density at radius 3 is 2.63 bits per heavy atom. The Labute approximate surface area is 280 Å². The molecule has 1 aromatic rings. The Balaban J connectivity index is 1.66. The lowest BCUT2D eigenvalue weighted by molar-refractivity contribution is -0.149. The van der Waals surface area contributed by atoms with Crippen molar-refractivity contribution in [2.45, 2.75) is 93.5 Å². The van der Waals surface area contributed by atoms with Crippen LogP contribution in [0.5, 0.6) is 0 Å². The van der Waals surface area contributed by atoms with Crippen LogP contribution < -0.4 is 5.32 Å². The first-order valence-corrected chi connectivity index (χ1v) is 17.3. The van der Waals surface area contributed by atoms with Crippen LogP contribution in [0.1, 0.15) is 70.4 Å². The van der Waals surface area contributed by atoms with Gasteiger partial charge in [-0.1, -0.05) is 71.8 Å². The van der Waals surface area contributed by atoms with E-state index in [9.17, 15) is 24.3 Å². The fourth-order valence-electron chi connectivity index (χ4n) is 7.34. The monoisotopic (exact) mass is 701 g/mol. The summed E-state index contributed by atoms with van der Waals surface area (Å²) in [7, 11) is 0. The predicted molar refractivity (Wildman–Crippen MR) is 178 cm³/mol. The van der Waals surface area contributed by atoms with Gasteiger partial charge in [-0.15, -0.1) is 13.2 Å². The molecule has 3 saturated heterocycles. The van der Waals surface area contributed by atoms with Crippen LogP contribution >= 0.6 is 15.9 Å². The predicted octanol–water partition coefficient (Wildman–Crippen LogP) is 4.08. The van der Waals surface area contributed by atoms with Crippen molar-refractivity contribution in [1.82, 2.24) is 15.1 Å². The number of likely N-dealkylation sites (tertiary alicyclic amines) is 1. The zero-order valence-corrected chi connectivity index (χ0v) is 28.5. The minimum Gasteiger partial charge on any atom is -0.463 e. The van der Waals surface area contributed by atoms with E-state index in [4.69, 9.17) is 9.47 Å². The van der Waals surface area contributed by atoms with E-state index in [1.807, 2.05) is 37.3 Å². The van der Waals surface area contributed by atoms with E-state index in [0.29, 0.717) is 32.2 Å². The SMILES string of the molecule is C=CCCC(=O)OC[C@@H](NC(=O)[C@@H]1[C@H]2O[C@@]3(CC2Br)[C@H](C(=O)N(CC=C)C(C)CCC)N(CCCCO)C(=O)[C@@H]13)c1ccccc1. The van der Waals surface area contributed by atoms with E-state index in [0.717, 1.165) is 18.4 Å². The third kappa shape index (κ3) is 7.26. The Morgan fingerprint density at radius 2 is 1.98 bits per heavy atom. The molecule has 8 atom stereocenters. The summed E-state index contributed by atoms with van der Waals surface area (Å²) in [5.74, 6) is -3.02. The number of halogens is 1. The number of alkyl halides is 1. The number of unbranched alkanes of at least 4 members (excludes halogenated alkanes) is 1. The van der Waals surface area contributed by atoms with Crippen molar-refractivity contribution in [1.29, 1.82) is 0 Å². The Kier molecular flexibility index (Phi) is 12.6. The second-order valence-electron chi connectivity index (χ2n) is 12.5. The van der Waals surface area contributed by atoms with E-state index in [-0.39, 0.29) is 48.9 Å². The van der Waals surface area contributed by atoms with E-state index in [2.05, 4.69) is 41.3 Å². The summed E-state index contributed by atoms with van der Waals surface area (Å²) in [5.41, 5.74) is -0.443. The highest BCUT2D eigenvalue weighted by molar-refractivity contribution is 9.09. The van der Waals surface area contributed by atoms with Gasteiger partial charge in [0.15, 0.2) is 0 Å². The molecule has 3 aliphatic heterocycles.